The van der Waals surface area contributed by atoms with E-state index in [2.05, 4.69) is 15.1 Å². The zero-order valence-electron chi connectivity index (χ0n) is 12.7. The fourth-order valence-electron chi connectivity index (χ4n) is 2.71. The summed E-state index contributed by atoms with van der Waals surface area (Å²) in [5, 5.41) is 8.38. The van der Waals surface area contributed by atoms with Gasteiger partial charge in [0.05, 0.1) is 12.3 Å². The molecule has 1 saturated heterocycles. The summed E-state index contributed by atoms with van der Waals surface area (Å²) in [6, 6.07) is 10.2. The molecule has 0 N–H and O–H groups in total. The number of benzene rings is 1. The lowest BCUT2D eigenvalue weighted by Gasteiger charge is -2.33. The van der Waals surface area contributed by atoms with Crippen LogP contribution in [0.4, 0.5) is 10.2 Å². The van der Waals surface area contributed by atoms with Crippen LogP contribution >= 0.6 is 0 Å². The summed E-state index contributed by atoms with van der Waals surface area (Å²) in [6.45, 7) is 4.50. The van der Waals surface area contributed by atoms with E-state index in [-0.39, 0.29) is 5.82 Å². The largest absolute Gasteiger partial charge is 0.493 e. The fraction of sp³-hybridized carbons (Fsp3) is 0.412. The quantitative estimate of drug-likeness (QED) is 0.869. The topological polar surface area (TPSA) is 38.2 Å². The first-order valence-electron chi connectivity index (χ1n) is 7.64. The standard InChI is InChI=1S/C17H20FN3O/c1-13-4-9-17(20-19-13)21-10-2-3-14(11-21)12-22-16-7-5-15(18)6-8-16/h4-9,14H,2-3,10-12H2,1H3/t14-/m1/s1. The predicted octanol–water partition coefficient (Wildman–Crippen LogP) is 3.22. The number of aryl methyl sites for hydroxylation is 1. The second-order valence-electron chi connectivity index (χ2n) is 5.75. The molecular weight excluding hydrogens is 281 g/mol. The Kier molecular flexibility index (Phi) is 4.51. The van der Waals surface area contributed by atoms with Crippen molar-refractivity contribution >= 4 is 5.82 Å². The first kappa shape index (κ1) is 14.8. The zero-order valence-corrected chi connectivity index (χ0v) is 12.7. The van der Waals surface area contributed by atoms with Gasteiger partial charge in [-0.2, -0.15) is 5.10 Å². The van der Waals surface area contributed by atoms with E-state index in [1.807, 2.05) is 19.1 Å². The van der Waals surface area contributed by atoms with Crippen molar-refractivity contribution in [3.8, 4) is 5.75 Å². The smallest absolute Gasteiger partial charge is 0.151 e. The Bertz CT molecular complexity index is 600. The molecule has 0 radical (unpaired) electrons. The SMILES string of the molecule is Cc1ccc(N2CCC[C@@H](COc3ccc(F)cc3)C2)nn1. The number of halogens is 1. The number of hydrogen-bond donors (Lipinski definition) is 0. The average molecular weight is 301 g/mol. The molecule has 1 aliphatic rings. The maximum Gasteiger partial charge on any atom is 0.151 e. The monoisotopic (exact) mass is 301 g/mol. The van der Waals surface area contributed by atoms with Crippen LogP contribution in [0.25, 0.3) is 0 Å². The molecule has 0 amide bonds. The molecule has 1 atom stereocenters. The van der Waals surface area contributed by atoms with Crippen molar-refractivity contribution in [1.29, 1.82) is 0 Å². The third kappa shape index (κ3) is 3.72. The normalized spacial score (nSPS) is 18.3. The molecule has 22 heavy (non-hydrogen) atoms. The molecule has 0 saturated carbocycles. The van der Waals surface area contributed by atoms with Gasteiger partial charge in [-0.15, -0.1) is 5.10 Å². The number of aromatic nitrogens is 2. The molecule has 1 fully saturated rings. The van der Waals surface area contributed by atoms with E-state index in [0.29, 0.717) is 18.3 Å². The number of hydrogen-bond acceptors (Lipinski definition) is 4. The highest BCUT2D eigenvalue weighted by Crippen LogP contribution is 2.22. The summed E-state index contributed by atoms with van der Waals surface area (Å²) in [6.07, 6.45) is 2.25. The van der Waals surface area contributed by atoms with E-state index in [9.17, 15) is 4.39 Å². The molecule has 0 unspecified atom stereocenters. The van der Waals surface area contributed by atoms with Crippen molar-refractivity contribution in [3.63, 3.8) is 0 Å². The Morgan fingerprint density at radius 3 is 2.73 bits per heavy atom. The van der Waals surface area contributed by atoms with Gasteiger partial charge in [0.15, 0.2) is 5.82 Å². The Labute approximate surface area is 129 Å². The first-order valence-corrected chi connectivity index (χ1v) is 7.64. The van der Waals surface area contributed by atoms with Gasteiger partial charge in [0.2, 0.25) is 0 Å². The fourth-order valence-corrected chi connectivity index (χ4v) is 2.71. The third-order valence-electron chi connectivity index (χ3n) is 3.93. The summed E-state index contributed by atoms with van der Waals surface area (Å²) >= 11 is 0. The third-order valence-corrected chi connectivity index (χ3v) is 3.93. The highest BCUT2D eigenvalue weighted by molar-refractivity contribution is 5.37. The van der Waals surface area contributed by atoms with Crippen LogP contribution in [-0.4, -0.2) is 29.9 Å². The van der Waals surface area contributed by atoms with Gasteiger partial charge in [-0.3, -0.25) is 0 Å². The molecule has 1 aromatic carbocycles. The molecule has 1 aliphatic heterocycles. The molecule has 5 heteroatoms. The Hall–Kier alpha value is -2.17. The minimum Gasteiger partial charge on any atom is -0.493 e. The molecule has 116 valence electrons. The van der Waals surface area contributed by atoms with Crippen molar-refractivity contribution in [2.75, 3.05) is 24.6 Å². The number of piperidine rings is 1. The average Bonchev–Trinajstić information content (AvgIpc) is 2.55. The van der Waals surface area contributed by atoms with Crippen LogP contribution in [0.2, 0.25) is 0 Å². The lowest BCUT2D eigenvalue weighted by atomic mass is 9.99. The number of rotatable bonds is 4. The zero-order chi connectivity index (χ0) is 15.4. The van der Waals surface area contributed by atoms with E-state index in [4.69, 9.17) is 4.74 Å². The maximum absolute atomic E-state index is 12.9. The second kappa shape index (κ2) is 6.73. The molecule has 4 nitrogen and oxygen atoms in total. The van der Waals surface area contributed by atoms with Crippen molar-refractivity contribution in [2.24, 2.45) is 5.92 Å². The van der Waals surface area contributed by atoms with E-state index >= 15 is 0 Å². The van der Waals surface area contributed by atoms with Gasteiger partial charge in [0.1, 0.15) is 11.6 Å². The number of ether oxygens (including phenoxy) is 1. The minimum absolute atomic E-state index is 0.242. The van der Waals surface area contributed by atoms with Gasteiger partial charge in [-0.25, -0.2) is 4.39 Å². The van der Waals surface area contributed by atoms with Crippen molar-refractivity contribution < 1.29 is 9.13 Å². The Balaban J connectivity index is 1.56. The van der Waals surface area contributed by atoms with Gasteiger partial charge < -0.3 is 9.64 Å². The van der Waals surface area contributed by atoms with E-state index in [0.717, 1.165) is 37.4 Å². The van der Waals surface area contributed by atoms with Crippen molar-refractivity contribution in [3.05, 3.63) is 47.9 Å². The van der Waals surface area contributed by atoms with Crippen molar-refractivity contribution in [2.45, 2.75) is 19.8 Å². The van der Waals surface area contributed by atoms with Crippen LogP contribution in [0.1, 0.15) is 18.5 Å². The van der Waals surface area contributed by atoms with Crippen LogP contribution in [0.5, 0.6) is 5.75 Å². The minimum atomic E-state index is -0.242. The first-order chi connectivity index (χ1) is 10.7. The summed E-state index contributed by atoms with van der Waals surface area (Å²) < 4.78 is 18.6. The molecule has 0 aliphatic carbocycles. The number of nitrogens with zero attached hydrogens (tertiary/aromatic N) is 3. The van der Waals surface area contributed by atoms with Gasteiger partial charge in [0.25, 0.3) is 0 Å². The summed E-state index contributed by atoms with van der Waals surface area (Å²) in [5.41, 5.74) is 0.928. The van der Waals surface area contributed by atoms with Gasteiger partial charge >= 0.3 is 0 Å². The second-order valence-corrected chi connectivity index (χ2v) is 5.75. The molecule has 0 bridgehead atoms. The van der Waals surface area contributed by atoms with Crippen LogP contribution < -0.4 is 9.64 Å². The van der Waals surface area contributed by atoms with Crippen LogP contribution in [0, 0.1) is 18.7 Å². The van der Waals surface area contributed by atoms with Crippen molar-refractivity contribution in [1.82, 2.24) is 10.2 Å². The van der Waals surface area contributed by atoms with Crippen LogP contribution in [-0.2, 0) is 0 Å². The summed E-state index contributed by atoms with van der Waals surface area (Å²) in [5.74, 6) is 1.85. The molecule has 3 rings (SSSR count). The van der Waals surface area contributed by atoms with E-state index < -0.39 is 0 Å². The highest BCUT2D eigenvalue weighted by Gasteiger charge is 2.21. The van der Waals surface area contributed by atoms with E-state index in [1.165, 1.54) is 12.1 Å². The van der Waals surface area contributed by atoms with Crippen LogP contribution in [0.3, 0.4) is 0 Å². The summed E-state index contributed by atoms with van der Waals surface area (Å²) in [4.78, 5) is 2.26. The van der Waals surface area contributed by atoms with Crippen LogP contribution in [0.15, 0.2) is 36.4 Å². The van der Waals surface area contributed by atoms with Gasteiger partial charge in [0, 0.05) is 19.0 Å². The highest BCUT2D eigenvalue weighted by atomic mass is 19.1. The molecule has 2 heterocycles. The molecular formula is C17H20FN3O. The number of anilines is 1. The lowest BCUT2D eigenvalue weighted by Crippen LogP contribution is -2.38. The predicted molar refractivity (Wildman–Crippen MR) is 83.6 cm³/mol. The lowest BCUT2D eigenvalue weighted by molar-refractivity contribution is 0.228. The van der Waals surface area contributed by atoms with Gasteiger partial charge in [-0.1, -0.05) is 0 Å². The molecule has 0 spiro atoms. The van der Waals surface area contributed by atoms with Gasteiger partial charge in [-0.05, 0) is 56.2 Å². The summed E-state index contributed by atoms with van der Waals surface area (Å²) in [7, 11) is 0. The Morgan fingerprint density at radius 1 is 1.18 bits per heavy atom. The Morgan fingerprint density at radius 2 is 2.00 bits per heavy atom. The maximum atomic E-state index is 12.9. The molecule has 2 aromatic rings. The molecule has 1 aromatic heterocycles. The van der Waals surface area contributed by atoms with E-state index in [1.54, 1.807) is 12.1 Å².